The molecule has 8 N–H and O–H groups in total. The largest absolute Gasteiger partial charge is 0.396 e. The molecule has 6 aliphatic rings. The summed E-state index contributed by atoms with van der Waals surface area (Å²) in [6.07, 6.45) is 9.38. The van der Waals surface area contributed by atoms with E-state index in [2.05, 4.69) is 115 Å². The number of hydrogen-bond donors (Lipinski definition) is 8. The normalized spacial score (nSPS) is 31.8. The van der Waals surface area contributed by atoms with E-state index < -0.39 is 108 Å². The first kappa shape index (κ1) is 89.2. The standard InChI is InChI=1S/C82H136B2N12O14/c1-20-59(99)85-53-25-71(2,3)40-77(14,31-53)46-91-65(105)95(50-81(18)35-57(89-63(103)38-84)29-75(10,11)44-81)70(110)96(69(91)109)51-82(19)36-58(30-76(12,13)45-82)90-64(104)52(39-98)21-22-60(100)86-54-26-72(4,5)41-78(15,32-54)47-92-66(106)93(48-79(16)33-55(27-73(6,7)42-79)87-61(101)23-24-97)68(108)94(67(92)107)49-80(17)34-56(88-62(102)37-83)28-74(8,9)43-80/h52-58,97-98H,20-51H2,1-19H3,(H,85,99)(H,86,100)(H,87,101)(H,88,102)(H,89,103)(H,90,104). The Kier molecular flexibility index (Phi) is 27.0. The zero-order chi connectivity index (χ0) is 82.3. The Balaban J connectivity index is 1.03. The van der Waals surface area contributed by atoms with E-state index in [1.54, 1.807) is 6.92 Å². The van der Waals surface area contributed by atoms with Gasteiger partial charge in [-0.05, 0) is 200 Å². The van der Waals surface area contributed by atoms with Crippen LogP contribution < -0.4 is 66.0 Å². The molecule has 0 spiro atoms. The number of rotatable bonds is 28. The Labute approximate surface area is 654 Å². The first-order chi connectivity index (χ1) is 50.5. The van der Waals surface area contributed by atoms with Crippen LogP contribution in [0.4, 0.5) is 0 Å². The first-order valence-corrected chi connectivity index (χ1v) is 40.8. The predicted octanol–water partition coefficient (Wildman–Crippen LogP) is 6.92. The fraction of sp³-hybridized carbons (Fsp3) is 0.854. The first-order valence-electron chi connectivity index (χ1n) is 40.8. The lowest BCUT2D eigenvalue weighted by Crippen LogP contribution is -2.60. The highest BCUT2D eigenvalue weighted by molar-refractivity contribution is 6.20. The maximum Gasteiger partial charge on any atom is 0.336 e. The molecule has 13 unspecified atom stereocenters. The second-order valence-corrected chi connectivity index (χ2v) is 42.8. The topological polar surface area (TPSA) is 347 Å². The molecule has 0 aliphatic heterocycles. The van der Waals surface area contributed by atoms with Gasteiger partial charge in [-0.1, -0.05) is 132 Å². The number of hydrogen-bond acceptors (Lipinski definition) is 14. The molecular formula is C82H136B2N12O14. The van der Waals surface area contributed by atoms with E-state index in [9.17, 15) is 39.0 Å². The number of aliphatic hydroxyl groups is 2. The molecule has 8 rings (SSSR count). The molecular weight excluding hydrogens is 1400 g/mol. The number of nitrogens with zero attached hydrogens (tertiary/aromatic N) is 6. The number of carbonyl (C=O) groups excluding carboxylic acids is 6. The minimum atomic E-state index is -1.00. The highest BCUT2D eigenvalue weighted by Gasteiger charge is 2.51. The van der Waals surface area contributed by atoms with E-state index in [0.717, 1.165) is 0 Å². The zero-order valence-corrected chi connectivity index (χ0v) is 70.3. The van der Waals surface area contributed by atoms with Crippen molar-refractivity contribution in [1.82, 2.24) is 59.3 Å². The van der Waals surface area contributed by atoms with Crippen LogP contribution in [0.5, 0.6) is 0 Å². The van der Waals surface area contributed by atoms with Gasteiger partial charge >= 0.3 is 34.1 Å². The molecule has 2 heterocycles. The van der Waals surface area contributed by atoms with Gasteiger partial charge in [0.1, 0.15) is 0 Å². The van der Waals surface area contributed by atoms with Crippen LogP contribution in [0.1, 0.15) is 273 Å². The van der Waals surface area contributed by atoms with Gasteiger partial charge in [-0.25, -0.2) is 56.2 Å². The Morgan fingerprint density at radius 3 is 0.755 bits per heavy atom. The second-order valence-electron chi connectivity index (χ2n) is 42.8. The SMILES string of the molecule is [B]CC(=O)NC1CC(C)(C)CC(C)(Cn2c(=O)n(CC3(C)CC(NC(=O)CCO)CC(C)(C)C3)c(=O)n(CC3(C)CC(NC(=O)CCC(CO)C(=O)NC4CC(C)(C)CC(C)(Cn5c(=O)n(CC6(C)CC(NC(=O)C[B])CC(C)(C)C6)c(=O)n(CC6(C)CC(NC(=O)CC)CC(C)(C)C6)c5=O)C4)CC(C)(C)C3)c2=O)C1. The van der Waals surface area contributed by atoms with Crippen molar-refractivity contribution >= 4 is 51.1 Å². The van der Waals surface area contributed by atoms with Crippen LogP contribution in [0.15, 0.2) is 28.8 Å². The highest BCUT2D eigenvalue weighted by Crippen LogP contribution is 2.53. The van der Waals surface area contributed by atoms with Crippen LogP contribution in [0.25, 0.3) is 0 Å². The van der Waals surface area contributed by atoms with Gasteiger partial charge in [0.15, 0.2) is 0 Å². The Hall–Kier alpha value is -6.31. The number of nitrogens with one attached hydrogen (secondary N) is 6. The van der Waals surface area contributed by atoms with Crippen molar-refractivity contribution in [2.24, 2.45) is 70.9 Å². The van der Waals surface area contributed by atoms with E-state index in [1.165, 1.54) is 27.4 Å². The molecule has 0 saturated heterocycles. The summed E-state index contributed by atoms with van der Waals surface area (Å²) >= 11 is 0. The number of carbonyl (C=O) groups is 6. The minimum absolute atomic E-state index is 0.0118. The van der Waals surface area contributed by atoms with Crippen LogP contribution in [0, 0.1) is 70.9 Å². The molecule has 6 amide bonds. The molecule has 6 fully saturated rings. The van der Waals surface area contributed by atoms with E-state index in [1.807, 2.05) is 41.5 Å². The Morgan fingerprint density at radius 1 is 0.336 bits per heavy atom. The molecule has 28 heteroatoms. The van der Waals surface area contributed by atoms with Gasteiger partial charge in [-0.15, -0.1) is 0 Å². The zero-order valence-electron chi connectivity index (χ0n) is 70.3. The average Bonchev–Trinajstić information content (AvgIpc) is 0.747. The predicted molar refractivity (Wildman–Crippen MR) is 427 cm³/mol. The summed E-state index contributed by atoms with van der Waals surface area (Å²) in [5, 5.41) is 39.3. The third-order valence-electron chi connectivity index (χ3n) is 25.2. The highest BCUT2D eigenvalue weighted by atomic mass is 16.3. The monoisotopic (exact) mass is 1540 g/mol. The lowest BCUT2D eigenvalue weighted by Gasteiger charge is -2.48. The molecule has 614 valence electrons. The van der Waals surface area contributed by atoms with Gasteiger partial charge in [-0.3, -0.25) is 28.8 Å². The van der Waals surface area contributed by atoms with Crippen LogP contribution in [0.2, 0.25) is 12.6 Å². The second kappa shape index (κ2) is 33.3. The third kappa shape index (κ3) is 23.0. The summed E-state index contributed by atoms with van der Waals surface area (Å²) in [6.45, 7) is 37.7. The van der Waals surface area contributed by atoms with Crippen LogP contribution in [-0.2, 0) is 68.0 Å². The lowest BCUT2D eigenvalue weighted by atomic mass is 9.62. The molecule has 6 saturated carbocycles. The Bertz CT molecular complexity index is 4030. The maximum absolute atomic E-state index is 15.4. The summed E-state index contributed by atoms with van der Waals surface area (Å²) in [7, 11) is 11.5. The molecule has 6 aliphatic carbocycles. The van der Waals surface area contributed by atoms with Gasteiger partial charge in [0, 0.05) is 94.8 Å². The van der Waals surface area contributed by atoms with E-state index in [0.29, 0.717) is 122 Å². The van der Waals surface area contributed by atoms with Gasteiger partial charge < -0.3 is 42.1 Å². The minimum Gasteiger partial charge on any atom is -0.396 e. The van der Waals surface area contributed by atoms with Crippen LogP contribution in [-0.4, -0.2) is 138 Å². The quantitative estimate of drug-likeness (QED) is 0.0401. The van der Waals surface area contributed by atoms with E-state index in [-0.39, 0.29) is 153 Å². The van der Waals surface area contributed by atoms with Crippen molar-refractivity contribution < 1.29 is 39.0 Å². The fourth-order valence-electron chi connectivity index (χ4n) is 24.1. The summed E-state index contributed by atoms with van der Waals surface area (Å²) in [5.74, 6) is -2.84. The number of aromatic nitrogens is 6. The summed E-state index contributed by atoms with van der Waals surface area (Å²) in [4.78, 5) is 172. The lowest BCUT2D eigenvalue weighted by molar-refractivity contribution is -0.129. The fourth-order valence-corrected chi connectivity index (χ4v) is 24.1. The summed E-state index contributed by atoms with van der Waals surface area (Å²) in [5.41, 5.74) is -11.0. The van der Waals surface area contributed by atoms with Crippen molar-refractivity contribution in [3.63, 3.8) is 0 Å². The maximum atomic E-state index is 15.4. The summed E-state index contributed by atoms with van der Waals surface area (Å²) < 4.78 is 7.22. The van der Waals surface area contributed by atoms with Crippen LogP contribution >= 0.6 is 0 Å². The van der Waals surface area contributed by atoms with Crippen LogP contribution in [0.3, 0.4) is 0 Å². The molecule has 0 bridgehead atoms. The van der Waals surface area contributed by atoms with Crippen molar-refractivity contribution in [3.8, 4) is 0 Å². The van der Waals surface area contributed by atoms with Crippen molar-refractivity contribution in [2.45, 2.75) is 361 Å². The van der Waals surface area contributed by atoms with Gasteiger partial charge in [-0.2, -0.15) is 0 Å². The number of aliphatic hydroxyl groups excluding tert-OH is 2. The molecule has 4 radical (unpaired) electrons. The van der Waals surface area contributed by atoms with Crippen molar-refractivity contribution in [3.05, 3.63) is 62.9 Å². The third-order valence-corrected chi connectivity index (χ3v) is 25.2. The van der Waals surface area contributed by atoms with Gasteiger partial charge in [0.25, 0.3) is 0 Å². The molecule has 2 aromatic heterocycles. The van der Waals surface area contributed by atoms with Crippen molar-refractivity contribution in [1.29, 1.82) is 0 Å². The van der Waals surface area contributed by atoms with Gasteiger partial charge in [0.2, 0.25) is 35.4 Å². The molecule has 2 aromatic rings. The summed E-state index contributed by atoms with van der Waals surface area (Å²) in [6, 6.07) is -2.07. The van der Waals surface area contributed by atoms with E-state index in [4.69, 9.17) is 15.7 Å². The number of amides is 6. The average molecular weight is 1540 g/mol. The van der Waals surface area contributed by atoms with Crippen molar-refractivity contribution in [2.75, 3.05) is 13.2 Å². The molecule has 110 heavy (non-hydrogen) atoms. The molecule has 26 nitrogen and oxygen atoms in total. The molecule has 0 aromatic carbocycles. The Morgan fingerprint density at radius 2 is 0.545 bits per heavy atom. The van der Waals surface area contributed by atoms with E-state index >= 15 is 28.8 Å². The smallest absolute Gasteiger partial charge is 0.336 e. The van der Waals surface area contributed by atoms with Gasteiger partial charge in [0.05, 0.1) is 34.8 Å². The molecule has 13 atom stereocenters.